The van der Waals surface area contributed by atoms with E-state index < -0.39 is 0 Å². The van der Waals surface area contributed by atoms with Crippen LogP contribution in [0.3, 0.4) is 0 Å². The number of carbonyl (C=O) groups excluding carboxylic acids is 1. The van der Waals surface area contributed by atoms with Gasteiger partial charge >= 0.3 is 0 Å². The van der Waals surface area contributed by atoms with Crippen LogP contribution in [0.4, 0.5) is 0 Å². The Balaban J connectivity index is 1.47. The Labute approximate surface area is 217 Å². The highest BCUT2D eigenvalue weighted by atomic mass is 16.2. The lowest BCUT2D eigenvalue weighted by atomic mass is 9.87. The van der Waals surface area contributed by atoms with Gasteiger partial charge in [-0.05, 0) is 92.3 Å². The van der Waals surface area contributed by atoms with Crippen molar-refractivity contribution >= 4 is 16.8 Å². The number of H-pyrrole nitrogens is 1. The lowest BCUT2D eigenvalue weighted by Gasteiger charge is -2.32. The molecule has 3 aromatic rings. The Morgan fingerprint density at radius 3 is 2.39 bits per heavy atom. The average molecular weight is 489 g/mol. The Hall–Kier alpha value is -2.66. The van der Waals surface area contributed by atoms with Crippen LogP contribution in [0.5, 0.6) is 0 Å². The number of aromatic nitrogens is 2. The molecule has 0 saturated carbocycles. The molecular formula is C31H44N4O. The molecule has 0 spiro atoms. The number of aryl methyl sites for hydroxylation is 2. The number of hydrogen-bond donors (Lipinski definition) is 2. The summed E-state index contributed by atoms with van der Waals surface area (Å²) in [6, 6.07) is 11.3. The number of aromatic amines is 1. The minimum atomic E-state index is 0.234. The van der Waals surface area contributed by atoms with Crippen molar-refractivity contribution in [2.75, 3.05) is 26.2 Å². The van der Waals surface area contributed by atoms with Gasteiger partial charge in [-0.15, -0.1) is 0 Å². The number of amides is 1. The summed E-state index contributed by atoms with van der Waals surface area (Å²) in [5.41, 5.74) is 8.78. The average Bonchev–Trinajstić information content (AvgIpc) is 3.20. The molecule has 1 aliphatic heterocycles. The quantitative estimate of drug-likeness (QED) is 0.364. The van der Waals surface area contributed by atoms with Crippen LogP contribution in [-0.2, 0) is 4.79 Å². The van der Waals surface area contributed by atoms with Crippen LogP contribution in [0, 0.1) is 19.3 Å². The summed E-state index contributed by atoms with van der Waals surface area (Å²) in [5, 5.41) is 4.67. The second-order valence-electron chi connectivity index (χ2n) is 12.2. The van der Waals surface area contributed by atoms with Crippen molar-refractivity contribution in [2.24, 2.45) is 5.41 Å². The van der Waals surface area contributed by atoms with Crippen molar-refractivity contribution in [1.29, 1.82) is 0 Å². The van der Waals surface area contributed by atoms with E-state index >= 15 is 0 Å². The molecule has 5 nitrogen and oxygen atoms in total. The molecule has 0 atom stereocenters. The number of fused-ring (bicyclic) bond motifs is 1. The maximum atomic E-state index is 12.7. The van der Waals surface area contributed by atoms with Crippen LogP contribution in [0.25, 0.3) is 22.2 Å². The zero-order valence-electron chi connectivity index (χ0n) is 23.3. The van der Waals surface area contributed by atoms with Gasteiger partial charge in [-0.1, -0.05) is 40.7 Å². The third kappa shape index (κ3) is 6.18. The van der Waals surface area contributed by atoms with Gasteiger partial charge in [0.15, 0.2) is 0 Å². The van der Waals surface area contributed by atoms with Gasteiger partial charge in [0.2, 0.25) is 5.91 Å². The Bertz CT molecular complexity index is 1190. The van der Waals surface area contributed by atoms with Gasteiger partial charge in [-0.3, -0.25) is 9.78 Å². The van der Waals surface area contributed by atoms with Crippen LogP contribution in [0.2, 0.25) is 0 Å². The van der Waals surface area contributed by atoms with E-state index in [1.807, 2.05) is 4.90 Å². The van der Waals surface area contributed by atoms with Gasteiger partial charge in [-0.25, -0.2) is 0 Å². The highest BCUT2D eigenvalue weighted by Gasteiger charge is 2.25. The van der Waals surface area contributed by atoms with Crippen molar-refractivity contribution in [3.05, 3.63) is 52.8 Å². The molecule has 1 saturated heterocycles. The van der Waals surface area contributed by atoms with Crippen LogP contribution in [0.15, 0.2) is 30.3 Å². The largest absolute Gasteiger partial charge is 0.354 e. The van der Waals surface area contributed by atoms with E-state index in [2.05, 4.69) is 94.1 Å². The zero-order chi connectivity index (χ0) is 26.0. The van der Waals surface area contributed by atoms with Gasteiger partial charge in [0.25, 0.3) is 0 Å². The van der Waals surface area contributed by atoms with E-state index in [9.17, 15) is 4.79 Å². The van der Waals surface area contributed by atoms with Crippen LogP contribution in [-0.4, -0.2) is 47.0 Å². The lowest BCUT2D eigenvalue weighted by Crippen LogP contribution is -2.43. The molecule has 2 N–H and O–H groups in total. The minimum absolute atomic E-state index is 0.234. The molecule has 36 heavy (non-hydrogen) atoms. The molecule has 0 unspecified atom stereocenters. The smallest absolute Gasteiger partial charge is 0.236 e. The third-order valence-corrected chi connectivity index (χ3v) is 7.46. The van der Waals surface area contributed by atoms with Gasteiger partial charge < -0.3 is 15.2 Å². The van der Waals surface area contributed by atoms with E-state index in [0.29, 0.717) is 23.8 Å². The molecule has 2 aromatic heterocycles. The molecule has 194 valence electrons. The van der Waals surface area contributed by atoms with E-state index in [0.717, 1.165) is 50.3 Å². The monoisotopic (exact) mass is 488 g/mol. The summed E-state index contributed by atoms with van der Waals surface area (Å²) < 4.78 is 0. The first-order chi connectivity index (χ1) is 17.0. The lowest BCUT2D eigenvalue weighted by molar-refractivity contribution is -0.131. The Morgan fingerprint density at radius 1 is 1.11 bits per heavy atom. The summed E-state index contributed by atoms with van der Waals surface area (Å²) in [4.78, 5) is 23.0. The van der Waals surface area contributed by atoms with Crippen molar-refractivity contribution in [1.82, 2.24) is 20.2 Å². The first kappa shape index (κ1) is 26.4. The summed E-state index contributed by atoms with van der Waals surface area (Å²) in [5.74, 6) is 1.14. The second-order valence-corrected chi connectivity index (χ2v) is 12.2. The number of nitrogens with one attached hydrogen (secondary N) is 2. The number of likely N-dealkylation sites (tertiary alicyclic amines) is 1. The molecule has 1 amide bonds. The first-order valence-corrected chi connectivity index (χ1v) is 13.6. The van der Waals surface area contributed by atoms with E-state index in [1.165, 1.54) is 33.3 Å². The molecule has 0 radical (unpaired) electrons. The van der Waals surface area contributed by atoms with Gasteiger partial charge in [-0.2, -0.15) is 0 Å². The summed E-state index contributed by atoms with van der Waals surface area (Å²) >= 11 is 0. The topological polar surface area (TPSA) is 61.0 Å². The van der Waals surface area contributed by atoms with Gasteiger partial charge in [0.1, 0.15) is 0 Å². The number of nitrogens with zero attached hydrogens (tertiary/aromatic N) is 2. The van der Waals surface area contributed by atoms with Gasteiger partial charge in [0, 0.05) is 40.9 Å². The molecule has 0 bridgehead atoms. The van der Waals surface area contributed by atoms with Crippen LogP contribution < -0.4 is 5.32 Å². The molecule has 5 heteroatoms. The SMILES string of the molecule is Cc1cc(-c2[nH]c3ccc(C4CCN(C(=O)CNCCC(C)(C)C)CC4)cc3c2C(C)C)cc(C)n1. The second kappa shape index (κ2) is 10.8. The van der Waals surface area contributed by atoms with Gasteiger partial charge in [0.05, 0.1) is 12.2 Å². The minimum Gasteiger partial charge on any atom is -0.354 e. The van der Waals surface area contributed by atoms with Crippen molar-refractivity contribution in [3.63, 3.8) is 0 Å². The fourth-order valence-electron chi connectivity index (χ4n) is 5.52. The summed E-state index contributed by atoms with van der Waals surface area (Å²) in [6.45, 7) is 18.4. The fraction of sp³-hybridized carbons (Fsp3) is 0.548. The first-order valence-electron chi connectivity index (χ1n) is 13.6. The number of hydrogen-bond acceptors (Lipinski definition) is 3. The molecule has 0 aliphatic carbocycles. The predicted molar refractivity (Wildman–Crippen MR) is 151 cm³/mol. The number of rotatable bonds is 7. The molecule has 1 aromatic carbocycles. The molecule has 1 fully saturated rings. The van der Waals surface area contributed by atoms with E-state index in [1.54, 1.807) is 0 Å². The molecule has 3 heterocycles. The summed E-state index contributed by atoms with van der Waals surface area (Å²) in [6.07, 6.45) is 3.12. The highest BCUT2D eigenvalue weighted by molar-refractivity contribution is 5.92. The summed E-state index contributed by atoms with van der Waals surface area (Å²) in [7, 11) is 0. The molecular weight excluding hydrogens is 444 g/mol. The third-order valence-electron chi connectivity index (χ3n) is 7.46. The fourth-order valence-corrected chi connectivity index (χ4v) is 5.52. The maximum absolute atomic E-state index is 12.7. The maximum Gasteiger partial charge on any atom is 0.236 e. The number of pyridine rings is 1. The number of benzene rings is 1. The highest BCUT2D eigenvalue weighted by Crippen LogP contribution is 2.38. The number of carbonyl (C=O) groups is 1. The van der Waals surface area contributed by atoms with E-state index in [4.69, 9.17) is 0 Å². The molecule has 4 rings (SSSR count). The Kier molecular flexibility index (Phi) is 7.89. The molecule has 1 aliphatic rings. The van der Waals surface area contributed by atoms with Crippen molar-refractivity contribution in [3.8, 4) is 11.3 Å². The Morgan fingerprint density at radius 2 is 1.78 bits per heavy atom. The van der Waals surface area contributed by atoms with Crippen molar-refractivity contribution in [2.45, 2.75) is 79.6 Å². The normalized spacial score (nSPS) is 15.3. The van der Waals surface area contributed by atoms with E-state index in [-0.39, 0.29) is 5.91 Å². The zero-order valence-corrected chi connectivity index (χ0v) is 23.3. The van der Waals surface area contributed by atoms with Crippen molar-refractivity contribution < 1.29 is 4.79 Å². The number of piperidine rings is 1. The van der Waals surface area contributed by atoms with Crippen LogP contribution >= 0.6 is 0 Å². The van der Waals surface area contributed by atoms with Crippen LogP contribution in [0.1, 0.15) is 88.2 Å². The standard InChI is InChI=1S/C31H44N4O/c1-20(2)29-26-18-24(8-9-27(26)34-30(29)25-16-21(3)33-22(4)17-25)23-10-14-35(15-11-23)28(36)19-32-13-12-31(5,6)7/h8-9,16-18,20,23,32,34H,10-15,19H2,1-7H3. The predicted octanol–water partition coefficient (Wildman–Crippen LogP) is 6.70.